The van der Waals surface area contributed by atoms with Crippen molar-refractivity contribution in [2.45, 2.75) is 46.6 Å². The smallest absolute Gasteiger partial charge is 0.123 e. The fourth-order valence-corrected chi connectivity index (χ4v) is 1.93. The van der Waals surface area contributed by atoms with Crippen molar-refractivity contribution >= 4 is 24.0 Å². The summed E-state index contributed by atoms with van der Waals surface area (Å²) in [6, 6.07) is 4.55. The molecule has 0 amide bonds. The van der Waals surface area contributed by atoms with Gasteiger partial charge in [0.2, 0.25) is 0 Å². The number of benzene rings is 1. The van der Waals surface area contributed by atoms with Gasteiger partial charge < -0.3 is 10.1 Å². The van der Waals surface area contributed by atoms with Gasteiger partial charge in [-0.3, -0.25) is 0 Å². The third-order valence-corrected chi connectivity index (χ3v) is 3.23. The van der Waals surface area contributed by atoms with E-state index in [1.165, 1.54) is 5.56 Å². The van der Waals surface area contributed by atoms with Crippen LogP contribution in [0.3, 0.4) is 0 Å². The lowest BCUT2D eigenvalue weighted by Crippen LogP contribution is -2.27. The Morgan fingerprint density at radius 1 is 1.21 bits per heavy atom. The van der Waals surface area contributed by atoms with Gasteiger partial charge in [0.25, 0.3) is 0 Å². The first kappa shape index (κ1) is 18.6. The second-order valence-electron chi connectivity index (χ2n) is 5.25. The molecule has 0 aliphatic rings. The van der Waals surface area contributed by atoms with E-state index < -0.39 is 0 Å². The molecule has 19 heavy (non-hydrogen) atoms. The summed E-state index contributed by atoms with van der Waals surface area (Å²) in [6.45, 7) is 12.1. The highest BCUT2D eigenvalue weighted by atomic mass is 35.5. The summed E-state index contributed by atoms with van der Waals surface area (Å²) in [6.07, 6.45) is 0. The van der Waals surface area contributed by atoms with Crippen LogP contribution in [0.4, 0.5) is 0 Å². The van der Waals surface area contributed by atoms with Gasteiger partial charge in [-0.2, -0.15) is 0 Å². The fraction of sp³-hybridized carbons (Fsp3) is 0.600. The third kappa shape index (κ3) is 6.03. The molecule has 1 rings (SSSR count). The maximum atomic E-state index is 6.16. The van der Waals surface area contributed by atoms with Crippen LogP contribution in [-0.4, -0.2) is 19.2 Å². The number of aryl methyl sites for hydroxylation is 1. The lowest BCUT2D eigenvalue weighted by atomic mass is 10.0. The molecule has 0 fully saturated rings. The lowest BCUT2D eigenvalue weighted by Gasteiger charge is -2.16. The molecule has 0 bridgehead atoms. The van der Waals surface area contributed by atoms with Crippen LogP contribution >= 0.6 is 24.0 Å². The van der Waals surface area contributed by atoms with Gasteiger partial charge in [-0.1, -0.05) is 39.3 Å². The summed E-state index contributed by atoms with van der Waals surface area (Å²) in [7, 11) is 0. The minimum atomic E-state index is 0. The van der Waals surface area contributed by atoms with Crippen LogP contribution in [0.25, 0.3) is 0 Å². The number of nitrogens with one attached hydrogen (secondary N) is 1. The highest BCUT2D eigenvalue weighted by Crippen LogP contribution is 2.31. The molecule has 1 aromatic carbocycles. The van der Waals surface area contributed by atoms with E-state index in [1.807, 2.05) is 19.1 Å². The van der Waals surface area contributed by atoms with Gasteiger partial charge in [-0.15, -0.1) is 12.4 Å². The first-order chi connectivity index (χ1) is 8.41. The van der Waals surface area contributed by atoms with Gasteiger partial charge in [0, 0.05) is 17.6 Å². The highest BCUT2D eigenvalue weighted by molar-refractivity contribution is 6.31. The molecule has 0 spiro atoms. The lowest BCUT2D eigenvalue weighted by molar-refractivity contribution is 0.305. The monoisotopic (exact) mass is 305 g/mol. The molecule has 0 aliphatic carbocycles. The molecule has 0 saturated carbocycles. The zero-order valence-corrected chi connectivity index (χ0v) is 14.0. The normalized spacial score (nSPS) is 10.7. The van der Waals surface area contributed by atoms with E-state index >= 15 is 0 Å². The number of ether oxygens (including phenoxy) is 1. The summed E-state index contributed by atoms with van der Waals surface area (Å²) in [5.74, 6) is 1.37. The van der Waals surface area contributed by atoms with Crippen molar-refractivity contribution in [3.05, 3.63) is 28.3 Å². The van der Waals surface area contributed by atoms with Crippen LogP contribution in [0.1, 0.15) is 44.7 Å². The van der Waals surface area contributed by atoms with E-state index in [0.29, 0.717) is 18.6 Å². The van der Waals surface area contributed by atoms with Gasteiger partial charge >= 0.3 is 0 Å². The Morgan fingerprint density at radius 3 is 2.37 bits per heavy atom. The molecule has 0 unspecified atom stereocenters. The predicted molar refractivity (Wildman–Crippen MR) is 86.2 cm³/mol. The average Bonchev–Trinajstić information content (AvgIpc) is 2.28. The Morgan fingerprint density at radius 2 is 1.84 bits per heavy atom. The third-order valence-electron chi connectivity index (χ3n) is 2.83. The van der Waals surface area contributed by atoms with E-state index in [1.54, 1.807) is 0 Å². The Labute approximate surface area is 128 Å². The number of rotatable bonds is 6. The van der Waals surface area contributed by atoms with Crippen LogP contribution in [-0.2, 0) is 0 Å². The summed E-state index contributed by atoms with van der Waals surface area (Å²) in [5.41, 5.74) is 2.24. The van der Waals surface area contributed by atoms with E-state index in [4.69, 9.17) is 16.3 Å². The highest BCUT2D eigenvalue weighted by Gasteiger charge is 2.10. The minimum Gasteiger partial charge on any atom is -0.492 e. The molecule has 1 N–H and O–H groups in total. The first-order valence-corrected chi connectivity index (χ1v) is 6.95. The van der Waals surface area contributed by atoms with Crippen molar-refractivity contribution in [3.63, 3.8) is 0 Å². The first-order valence-electron chi connectivity index (χ1n) is 6.58. The molecule has 0 aromatic heterocycles. The van der Waals surface area contributed by atoms with Crippen LogP contribution in [0.5, 0.6) is 5.75 Å². The molecule has 0 heterocycles. The van der Waals surface area contributed by atoms with Gasteiger partial charge in [0.05, 0.1) is 0 Å². The van der Waals surface area contributed by atoms with Crippen molar-refractivity contribution in [2.24, 2.45) is 0 Å². The second kappa shape index (κ2) is 8.68. The molecule has 0 saturated heterocycles. The topological polar surface area (TPSA) is 21.3 Å². The largest absolute Gasteiger partial charge is 0.492 e. The number of hydrogen-bond acceptors (Lipinski definition) is 2. The Balaban J connectivity index is 0.00000324. The van der Waals surface area contributed by atoms with Crippen LogP contribution in [0, 0.1) is 6.92 Å². The zero-order valence-electron chi connectivity index (χ0n) is 12.4. The van der Waals surface area contributed by atoms with Crippen molar-refractivity contribution < 1.29 is 4.74 Å². The molecule has 2 nitrogen and oxygen atoms in total. The second-order valence-corrected chi connectivity index (χ2v) is 5.66. The standard InChI is InChI=1S/C15H24ClNO.ClH/c1-10(2)13-9-14(16)12(5)8-15(13)18-7-6-17-11(3)4;/h8-11,17H,6-7H2,1-5H3;1H. The Hall–Kier alpha value is -0.440. The van der Waals surface area contributed by atoms with E-state index in [2.05, 4.69) is 33.0 Å². The Bertz CT molecular complexity index is 392. The predicted octanol–water partition coefficient (Wildman–Crippen LogP) is 4.57. The molecule has 0 atom stereocenters. The van der Waals surface area contributed by atoms with Crippen LogP contribution < -0.4 is 10.1 Å². The van der Waals surface area contributed by atoms with E-state index in [-0.39, 0.29) is 12.4 Å². The quantitative estimate of drug-likeness (QED) is 0.777. The maximum Gasteiger partial charge on any atom is 0.123 e. The van der Waals surface area contributed by atoms with Crippen molar-refractivity contribution in [1.82, 2.24) is 5.32 Å². The zero-order chi connectivity index (χ0) is 13.7. The molecule has 0 aliphatic heterocycles. The summed E-state index contributed by atoms with van der Waals surface area (Å²) in [5, 5.41) is 4.15. The van der Waals surface area contributed by atoms with E-state index in [0.717, 1.165) is 22.9 Å². The molecule has 110 valence electrons. The number of hydrogen-bond donors (Lipinski definition) is 1. The van der Waals surface area contributed by atoms with Crippen molar-refractivity contribution in [2.75, 3.05) is 13.2 Å². The van der Waals surface area contributed by atoms with E-state index in [9.17, 15) is 0 Å². The SMILES string of the molecule is Cc1cc(OCCNC(C)C)c(C(C)C)cc1Cl.Cl. The maximum absolute atomic E-state index is 6.16. The van der Waals surface area contributed by atoms with Crippen molar-refractivity contribution in [1.29, 1.82) is 0 Å². The van der Waals surface area contributed by atoms with Crippen molar-refractivity contribution in [3.8, 4) is 5.75 Å². The summed E-state index contributed by atoms with van der Waals surface area (Å²) in [4.78, 5) is 0. The van der Waals surface area contributed by atoms with Gasteiger partial charge in [-0.05, 0) is 36.1 Å². The summed E-state index contributed by atoms with van der Waals surface area (Å²) >= 11 is 6.16. The molecule has 4 heteroatoms. The van der Waals surface area contributed by atoms with Crippen LogP contribution in [0.2, 0.25) is 5.02 Å². The fourth-order valence-electron chi connectivity index (χ4n) is 1.76. The minimum absolute atomic E-state index is 0. The number of halogens is 2. The molecular formula is C15H25Cl2NO. The molecule has 1 aromatic rings. The van der Waals surface area contributed by atoms with Gasteiger partial charge in [0.15, 0.2) is 0 Å². The summed E-state index contributed by atoms with van der Waals surface area (Å²) < 4.78 is 5.86. The van der Waals surface area contributed by atoms with Gasteiger partial charge in [0.1, 0.15) is 12.4 Å². The average molecular weight is 306 g/mol. The molecule has 0 radical (unpaired) electrons. The Kier molecular flexibility index (Phi) is 8.47. The van der Waals surface area contributed by atoms with Crippen LogP contribution in [0.15, 0.2) is 12.1 Å². The molecular weight excluding hydrogens is 281 g/mol. The van der Waals surface area contributed by atoms with Gasteiger partial charge in [-0.25, -0.2) is 0 Å².